The highest BCUT2D eigenvalue weighted by molar-refractivity contribution is 6.36. The van der Waals surface area contributed by atoms with E-state index in [1.54, 1.807) is 30.3 Å². The van der Waals surface area contributed by atoms with E-state index in [2.05, 4.69) is 5.32 Å². The zero-order valence-corrected chi connectivity index (χ0v) is 18.6. The SMILES string of the molecule is COc1ccc(NC2=C(c3ccc(F)cc3)C(=O)N(CCc3ccc(F)cc3)C2=O)cc1OC. The third-order valence-electron chi connectivity index (χ3n) is 5.49. The predicted molar refractivity (Wildman–Crippen MR) is 123 cm³/mol. The molecule has 0 spiro atoms. The van der Waals surface area contributed by atoms with E-state index in [1.807, 2.05) is 0 Å². The summed E-state index contributed by atoms with van der Waals surface area (Å²) < 4.78 is 37.3. The number of anilines is 1. The average molecular weight is 464 g/mol. The Balaban J connectivity index is 1.67. The summed E-state index contributed by atoms with van der Waals surface area (Å²) in [7, 11) is 3.00. The van der Waals surface area contributed by atoms with Gasteiger partial charge in [0.15, 0.2) is 11.5 Å². The molecule has 0 atom stereocenters. The summed E-state index contributed by atoms with van der Waals surface area (Å²) >= 11 is 0. The van der Waals surface area contributed by atoms with Gasteiger partial charge >= 0.3 is 0 Å². The van der Waals surface area contributed by atoms with E-state index in [0.717, 1.165) is 10.5 Å². The highest BCUT2D eigenvalue weighted by atomic mass is 19.1. The monoisotopic (exact) mass is 464 g/mol. The molecular weight excluding hydrogens is 442 g/mol. The summed E-state index contributed by atoms with van der Waals surface area (Å²) in [5.74, 6) is -0.873. The van der Waals surface area contributed by atoms with Gasteiger partial charge in [-0.05, 0) is 53.9 Å². The fourth-order valence-electron chi connectivity index (χ4n) is 3.73. The number of nitrogens with zero attached hydrogens (tertiary/aromatic N) is 1. The van der Waals surface area contributed by atoms with Crippen LogP contribution in [0.1, 0.15) is 11.1 Å². The van der Waals surface area contributed by atoms with E-state index in [4.69, 9.17) is 9.47 Å². The molecule has 1 aliphatic heterocycles. The molecule has 0 aromatic heterocycles. The van der Waals surface area contributed by atoms with Crippen LogP contribution in [0.15, 0.2) is 72.4 Å². The lowest BCUT2D eigenvalue weighted by Crippen LogP contribution is -2.34. The summed E-state index contributed by atoms with van der Waals surface area (Å²) in [5, 5.41) is 3.03. The first kappa shape index (κ1) is 23.0. The molecule has 1 N–H and O–H groups in total. The number of nitrogens with one attached hydrogen (secondary N) is 1. The number of methoxy groups -OCH3 is 2. The van der Waals surface area contributed by atoms with Gasteiger partial charge in [-0.2, -0.15) is 0 Å². The Morgan fingerprint density at radius 1 is 0.794 bits per heavy atom. The van der Waals surface area contributed by atoms with Crippen LogP contribution in [0, 0.1) is 11.6 Å². The Labute approximate surface area is 195 Å². The van der Waals surface area contributed by atoms with E-state index in [9.17, 15) is 18.4 Å². The van der Waals surface area contributed by atoms with Gasteiger partial charge < -0.3 is 14.8 Å². The number of amides is 2. The van der Waals surface area contributed by atoms with Crippen molar-refractivity contribution in [1.29, 1.82) is 0 Å². The molecule has 0 saturated heterocycles. The molecule has 8 heteroatoms. The Morgan fingerprint density at radius 2 is 1.41 bits per heavy atom. The Morgan fingerprint density at radius 3 is 2.03 bits per heavy atom. The summed E-state index contributed by atoms with van der Waals surface area (Å²) in [5.41, 5.74) is 1.91. The van der Waals surface area contributed by atoms with Gasteiger partial charge in [0.25, 0.3) is 11.8 Å². The fraction of sp³-hybridized carbons (Fsp3) is 0.154. The molecule has 0 bridgehead atoms. The van der Waals surface area contributed by atoms with Gasteiger partial charge in [-0.15, -0.1) is 0 Å². The van der Waals surface area contributed by atoms with Gasteiger partial charge in [-0.1, -0.05) is 24.3 Å². The minimum atomic E-state index is -0.513. The number of carbonyl (C=O) groups is 2. The highest BCUT2D eigenvalue weighted by Crippen LogP contribution is 2.34. The average Bonchev–Trinajstić information content (AvgIpc) is 3.08. The Kier molecular flexibility index (Phi) is 6.58. The van der Waals surface area contributed by atoms with Crippen molar-refractivity contribution in [3.05, 3.63) is 95.2 Å². The van der Waals surface area contributed by atoms with Crippen molar-refractivity contribution < 1.29 is 27.8 Å². The number of hydrogen-bond acceptors (Lipinski definition) is 5. The van der Waals surface area contributed by atoms with Crippen molar-refractivity contribution in [3.8, 4) is 11.5 Å². The third-order valence-corrected chi connectivity index (χ3v) is 5.49. The minimum Gasteiger partial charge on any atom is -0.493 e. The van der Waals surface area contributed by atoms with Crippen LogP contribution < -0.4 is 14.8 Å². The fourth-order valence-corrected chi connectivity index (χ4v) is 3.73. The Bertz CT molecular complexity index is 1250. The van der Waals surface area contributed by atoms with Crippen molar-refractivity contribution >= 4 is 23.1 Å². The molecule has 0 fully saturated rings. The molecule has 2 amide bonds. The van der Waals surface area contributed by atoms with Gasteiger partial charge in [0, 0.05) is 18.3 Å². The summed E-state index contributed by atoms with van der Waals surface area (Å²) in [6, 6.07) is 16.3. The van der Waals surface area contributed by atoms with E-state index in [0.29, 0.717) is 29.2 Å². The first-order valence-corrected chi connectivity index (χ1v) is 10.5. The van der Waals surface area contributed by atoms with Crippen molar-refractivity contribution in [1.82, 2.24) is 4.90 Å². The summed E-state index contributed by atoms with van der Waals surface area (Å²) in [4.78, 5) is 27.8. The smallest absolute Gasteiger partial charge is 0.278 e. The third kappa shape index (κ3) is 4.61. The first-order chi connectivity index (χ1) is 16.4. The maximum Gasteiger partial charge on any atom is 0.278 e. The normalized spacial score (nSPS) is 13.5. The lowest BCUT2D eigenvalue weighted by molar-refractivity contribution is -0.136. The van der Waals surface area contributed by atoms with Crippen LogP contribution in [0.5, 0.6) is 11.5 Å². The van der Waals surface area contributed by atoms with Crippen LogP contribution >= 0.6 is 0 Å². The standard InChI is InChI=1S/C26H22F2N2O4/c1-33-21-12-11-20(15-22(21)34-2)29-24-23(17-5-9-19(28)10-6-17)25(31)30(26(24)32)14-13-16-3-7-18(27)8-4-16/h3-12,15,29H,13-14H2,1-2H3. The van der Waals surface area contributed by atoms with Gasteiger partial charge in [-0.3, -0.25) is 14.5 Å². The van der Waals surface area contributed by atoms with Crippen molar-refractivity contribution in [2.45, 2.75) is 6.42 Å². The largest absolute Gasteiger partial charge is 0.493 e. The maximum absolute atomic E-state index is 13.5. The van der Waals surface area contributed by atoms with Crippen molar-refractivity contribution in [3.63, 3.8) is 0 Å². The Hall–Kier alpha value is -4.20. The molecule has 0 unspecified atom stereocenters. The van der Waals surface area contributed by atoms with Gasteiger partial charge in [-0.25, -0.2) is 8.78 Å². The van der Waals surface area contributed by atoms with Crippen LogP contribution in [-0.4, -0.2) is 37.5 Å². The molecule has 0 aliphatic carbocycles. The molecule has 34 heavy (non-hydrogen) atoms. The number of ether oxygens (including phenoxy) is 2. The quantitative estimate of drug-likeness (QED) is 0.500. The van der Waals surface area contributed by atoms with Crippen molar-refractivity contribution in [2.75, 3.05) is 26.1 Å². The van der Waals surface area contributed by atoms with Gasteiger partial charge in [0.05, 0.1) is 19.8 Å². The van der Waals surface area contributed by atoms with Gasteiger partial charge in [0.2, 0.25) is 0 Å². The minimum absolute atomic E-state index is 0.0722. The van der Waals surface area contributed by atoms with E-state index in [1.165, 1.54) is 50.6 Å². The van der Waals surface area contributed by atoms with E-state index >= 15 is 0 Å². The molecule has 1 heterocycles. The number of halogens is 2. The van der Waals surface area contributed by atoms with Gasteiger partial charge in [0.1, 0.15) is 17.3 Å². The number of imide groups is 1. The number of hydrogen-bond donors (Lipinski definition) is 1. The zero-order valence-electron chi connectivity index (χ0n) is 18.6. The van der Waals surface area contributed by atoms with Crippen molar-refractivity contribution in [2.24, 2.45) is 0 Å². The number of rotatable bonds is 8. The first-order valence-electron chi connectivity index (χ1n) is 10.5. The highest BCUT2D eigenvalue weighted by Gasteiger charge is 2.39. The number of benzene rings is 3. The van der Waals surface area contributed by atoms with Crippen LogP contribution in [0.25, 0.3) is 5.57 Å². The molecule has 3 aromatic carbocycles. The lowest BCUT2D eigenvalue weighted by Gasteiger charge is -2.16. The second-order valence-electron chi connectivity index (χ2n) is 7.59. The van der Waals surface area contributed by atoms with E-state index < -0.39 is 17.6 Å². The summed E-state index contributed by atoms with van der Waals surface area (Å²) in [6.07, 6.45) is 0.359. The molecule has 0 saturated carbocycles. The molecule has 0 radical (unpaired) electrons. The lowest BCUT2D eigenvalue weighted by atomic mass is 10.0. The molecule has 4 rings (SSSR count). The second kappa shape index (κ2) is 9.74. The molecule has 3 aromatic rings. The van der Waals surface area contributed by atoms with Crippen LogP contribution in [0.3, 0.4) is 0 Å². The molecule has 174 valence electrons. The zero-order chi connectivity index (χ0) is 24.2. The second-order valence-corrected chi connectivity index (χ2v) is 7.59. The topological polar surface area (TPSA) is 67.9 Å². The van der Waals surface area contributed by atoms with E-state index in [-0.39, 0.29) is 23.6 Å². The maximum atomic E-state index is 13.5. The molecule has 6 nitrogen and oxygen atoms in total. The van der Waals surface area contributed by atoms with Crippen LogP contribution in [-0.2, 0) is 16.0 Å². The summed E-state index contributed by atoms with van der Waals surface area (Å²) in [6.45, 7) is 0.102. The number of carbonyl (C=O) groups excluding carboxylic acids is 2. The molecular formula is C26H22F2N2O4. The van der Waals surface area contributed by atoms with Crippen LogP contribution in [0.2, 0.25) is 0 Å². The predicted octanol–water partition coefficient (Wildman–Crippen LogP) is 4.42. The van der Waals surface area contributed by atoms with Crippen LogP contribution in [0.4, 0.5) is 14.5 Å². The molecule has 1 aliphatic rings.